The van der Waals surface area contributed by atoms with Crippen LogP contribution in [0.5, 0.6) is 0 Å². The second kappa shape index (κ2) is 3.08. The highest BCUT2D eigenvalue weighted by Crippen LogP contribution is 2.32. The molecule has 2 fully saturated rings. The predicted molar refractivity (Wildman–Crippen MR) is 52.4 cm³/mol. The standard InChI is InChI=1S/C9H13NO3S/c1-2-9(11)10-3-7(4-10)8-5-14(12,13)6-8/h2,7-8H,1,3-6H2. The summed E-state index contributed by atoms with van der Waals surface area (Å²) in [6.07, 6.45) is 1.30. The maximum Gasteiger partial charge on any atom is 0.245 e. The second-order valence-corrected chi connectivity index (χ2v) is 6.20. The fraction of sp³-hybridized carbons (Fsp3) is 0.667. The van der Waals surface area contributed by atoms with Crippen LogP contribution in [-0.4, -0.2) is 43.8 Å². The van der Waals surface area contributed by atoms with E-state index in [1.807, 2.05) is 0 Å². The Kier molecular flexibility index (Phi) is 2.14. The number of rotatable bonds is 2. The lowest BCUT2D eigenvalue weighted by atomic mass is 9.87. The molecule has 0 atom stereocenters. The number of likely N-dealkylation sites (tertiary alicyclic amines) is 1. The topological polar surface area (TPSA) is 54.5 Å². The molecule has 2 rings (SSSR count). The predicted octanol–water partition coefficient (Wildman–Crippen LogP) is -0.325. The van der Waals surface area contributed by atoms with Crippen molar-refractivity contribution in [2.24, 2.45) is 11.8 Å². The van der Waals surface area contributed by atoms with Crippen LogP contribution in [0.2, 0.25) is 0 Å². The van der Waals surface area contributed by atoms with E-state index in [1.165, 1.54) is 6.08 Å². The van der Waals surface area contributed by atoms with Crippen LogP contribution in [0.4, 0.5) is 0 Å². The minimum atomic E-state index is -2.72. The first-order chi connectivity index (χ1) is 6.52. The molecule has 0 unspecified atom stereocenters. The second-order valence-electron chi connectivity index (χ2n) is 4.04. The van der Waals surface area contributed by atoms with Gasteiger partial charge in [-0.15, -0.1) is 0 Å². The summed E-state index contributed by atoms with van der Waals surface area (Å²) in [6, 6.07) is 0. The van der Waals surface area contributed by atoms with Gasteiger partial charge in [-0.2, -0.15) is 0 Å². The fourth-order valence-corrected chi connectivity index (χ4v) is 3.75. The summed E-state index contributed by atoms with van der Waals surface area (Å²) < 4.78 is 21.8. The number of amides is 1. The smallest absolute Gasteiger partial charge is 0.245 e. The molecule has 78 valence electrons. The minimum absolute atomic E-state index is 0.0524. The summed E-state index contributed by atoms with van der Waals surface area (Å²) in [5, 5.41) is 0. The van der Waals surface area contributed by atoms with Crippen LogP contribution >= 0.6 is 0 Å². The summed E-state index contributed by atoms with van der Waals surface area (Å²) in [6.45, 7) is 4.80. The third-order valence-corrected chi connectivity index (χ3v) is 4.87. The third kappa shape index (κ3) is 1.56. The molecule has 0 saturated carbocycles. The average Bonchev–Trinajstić information content (AvgIpc) is 1.97. The highest BCUT2D eigenvalue weighted by Gasteiger charge is 2.44. The molecule has 0 aliphatic carbocycles. The Hall–Kier alpha value is -0.840. The fourth-order valence-electron chi connectivity index (χ4n) is 2.00. The molecule has 0 spiro atoms. The highest BCUT2D eigenvalue weighted by atomic mass is 32.2. The Morgan fingerprint density at radius 1 is 1.29 bits per heavy atom. The van der Waals surface area contributed by atoms with E-state index < -0.39 is 9.84 Å². The van der Waals surface area contributed by atoms with Gasteiger partial charge in [0.1, 0.15) is 0 Å². The zero-order chi connectivity index (χ0) is 10.3. The van der Waals surface area contributed by atoms with E-state index in [1.54, 1.807) is 4.90 Å². The molecule has 0 aromatic carbocycles. The van der Waals surface area contributed by atoms with Crippen molar-refractivity contribution < 1.29 is 13.2 Å². The van der Waals surface area contributed by atoms with Crippen molar-refractivity contribution in [2.45, 2.75) is 0 Å². The molecule has 5 heteroatoms. The molecule has 0 aromatic rings. The van der Waals surface area contributed by atoms with Crippen molar-refractivity contribution in [1.29, 1.82) is 0 Å². The molecule has 0 bridgehead atoms. The lowest BCUT2D eigenvalue weighted by Gasteiger charge is -2.45. The Bertz CT molecular complexity index is 356. The number of carbonyl (C=O) groups is 1. The van der Waals surface area contributed by atoms with Crippen molar-refractivity contribution >= 4 is 15.7 Å². The molecule has 0 N–H and O–H groups in total. The van der Waals surface area contributed by atoms with Crippen LogP contribution in [0, 0.1) is 11.8 Å². The molecular weight excluding hydrogens is 202 g/mol. The third-order valence-electron chi connectivity index (χ3n) is 3.00. The first-order valence-electron chi connectivity index (χ1n) is 4.63. The van der Waals surface area contributed by atoms with E-state index in [9.17, 15) is 13.2 Å². The number of sulfone groups is 1. The zero-order valence-corrected chi connectivity index (χ0v) is 8.66. The molecule has 2 aliphatic heterocycles. The molecule has 0 aromatic heterocycles. The van der Waals surface area contributed by atoms with E-state index in [2.05, 4.69) is 6.58 Å². The summed E-state index contributed by atoms with van der Waals surface area (Å²) in [5.41, 5.74) is 0. The Morgan fingerprint density at radius 2 is 1.86 bits per heavy atom. The molecule has 2 heterocycles. The van der Waals surface area contributed by atoms with Gasteiger partial charge in [0.2, 0.25) is 5.91 Å². The molecule has 2 aliphatic rings. The van der Waals surface area contributed by atoms with Gasteiger partial charge in [-0.05, 0) is 17.9 Å². The molecule has 4 nitrogen and oxygen atoms in total. The van der Waals surface area contributed by atoms with Crippen molar-refractivity contribution in [2.75, 3.05) is 24.6 Å². The van der Waals surface area contributed by atoms with Crippen molar-refractivity contribution in [3.63, 3.8) is 0 Å². The average molecular weight is 215 g/mol. The van der Waals surface area contributed by atoms with Crippen LogP contribution in [0.3, 0.4) is 0 Å². The molecule has 2 saturated heterocycles. The molecule has 0 radical (unpaired) electrons. The number of nitrogens with zero attached hydrogens (tertiary/aromatic N) is 1. The van der Waals surface area contributed by atoms with E-state index in [0.717, 1.165) is 0 Å². The van der Waals surface area contributed by atoms with Crippen molar-refractivity contribution in [3.8, 4) is 0 Å². The van der Waals surface area contributed by atoms with Gasteiger partial charge in [-0.25, -0.2) is 8.42 Å². The van der Waals surface area contributed by atoms with Gasteiger partial charge in [0.15, 0.2) is 9.84 Å². The highest BCUT2D eigenvalue weighted by molar-refractivity contribution is 7.92. The van der Waals surface area contributed by atoms with Crippen LogP contribution < -0.4 is 0 Å². The van der Waals surface area contributed by atoms with Gasteiger partial charge in [-0.1, -0.05) is 6.58 Å². The summed E-state index contributed by atoms with van der Waals surface area (Å²) in [7, 11) is -2.72. The Morgan fingerprint density at radius 3 is 2.29 bits per heavy atom. The van der Waals surface area contributed by atoms with Crippen LogP contribution in [0.15, 0.2) is 12.7 Å². The van der Waals surface area contributed by atoms with Crippen LogP contribution in [0.25, 0.3) is 0 Å². The van der Waals surface area contributed by atoms with E-state index in [0.29, 0.717) is 30.5 Å². The van der Waals surface area contributed by atoms with Gasteiger partial charge < -0.3 is 4.90 Å². The summed E-state index contributed by atoms with van der Waals surface area (Å²) >= 11 is 0. The maximum absolute atomic E-state index is 11.1. The monoisotopic (exact) mass is 215 g/mol. The van der Waals surface area contributed by atoms with Crippen molar-refractivity contribution in [1.82, 2.24) is 4.90 Å². The van der Waals surface area contributed by atoms with E-state index in [4.69, 9.17) is 0 Å². The van der Waals surface area contributed by atoms with Gasteiger partial charge in [-0.3, -0.25) is 4.79 Å². The van der Waals surface area contributed by atoms with Gasteiger partial charge >= 0.3 is 0 Å². The van der Waals surface area contributed by atoms with Crippen LogP contribution in [0.1, 0.15) is 0 Å². The van der Waals surface area contributed by atoms with E-state index in [-0.39, 0.29) is 11.8 Å². The number of carbonyl (C=O) groups excluding carboxylic acids is 1. The van der Waals surface area contributed by atoms with Gasteiger partial charge in [0.25, 0.3) is 0 Å². The number of hydrogen-bond acceptors (Lipinski definition) is 3. The molecule has 1 amide bonds. The quantitative estimate of drug-likeness (QED) is 0.593. The summed E-state index contributed by atoms with van der Waals surface area (Å²) in [4.78, 5) is 12.8. The molecular formula is C9H13NO3S. The van der Waals surface area contributed by atoms with Crippen LogP contribution in [-0.2, 0) is 14.6 Å². The normalized spacial score (nSPS) is 26.4. The van der Waals surface area contributed by atoms with E-state index >= 15 is 0 Å². The summed E-state index contributed by atoms with van der Waals surface area (Å²) in [5.74, 6) is 1.25. The first-order valence-corrected chi connectivity index (χ1v) is 6.46. The Balaban J connectivity index is 1.79. The van der Waals surface area contributed by atoms with Gasteiger partial charge in [0.05, 0.1) is 11.5 Å². The van der Waals surface area contributed by atoms with Crippen molar-refractivity contribution in [3.05, 3.63) is 12.7 Å². The zero-order valence-electron chi connectivity index (χ0n) is 7.85. The Labute approximate surface area is 83.5 Å². The molecule has 14 heavy (non-hydrogen) atoms. The minimum Gasteiger partial charge on any atom is -0.338 e. The lowest BCUT2D eigenvalue weighted by Crippen LogP contribution is -2.57. The number of hydrogen-bond donors (Lipinski definition) is 0. The van der Waals surface area contributed by atoms with Gasteiger partial charge in [0, 0.05) is 13.1 Å². The first kappa shape index (κ1) is 9.71. The maximum atomic E-state index is 11.1. The largest absolute Gasteiger partial charge is 0.338 e. The lowest BCUT2D eigenvalue weighted by molar-refractivity contribution is -0.133. The SMILES string of the molecule is C=CC(=O)N1CC(C2CS(=O)(=O)C2)C1.